The predicted octanol–water partition coefficient (Wildman–Crippen LogP) is 3.99. The average Bonchev–Trinajstić information content (AvgIpc) is 3.22. The molecule has 1 aliphatic rings. The molecule has 5 heteroatoms. The largest absolute Gasteiger partial charge is 0.497 e. The van der Waals surface area contributed by atoms with Crippen LogP contribution in [0, 0.1) is 13.8 Å². The number of nitrogens with zero attached hydrogens (tertiary/aromatic N) is 1. The molecule has 5 nitrogen and oxygen atoms in total. The van der Waals surface area contributed by atoms with Crippen LogP contribution in [0.2, 0.25) is 0 Å². The van der Waals surface area contributed by atoms with Crippen molar-refractivity contribution in [3.8, 4) is 5.75 Å². The fourth-order valence-electron chi connectivity index (χ4n) is 3.96. The van der Waals surface area contributed by atoms with Gasteiger partial charge in [0.15, 0.2) is 0 Å². The highest BCUT2D eigenvalue weighted by Gasteiger charge is 2.38. The molecule has 2 aromatic rings. The molecular weight excluding hydrogens is 316 g/mol. The van der Waals surface area contributed by atoms with Crippen molar-refractivity contribution in [2.24, 2.45) is 0 Å². The molecule has 134 valence electrons. The molecule has 3 rings (SSSR count). The molecule has 1 aromatic carbocycles. The number of hydrogen-bond acceptors (Lipinski definition) is 4. The van der Waals surface area contributed by atoms with Crippen LogP contribution in [0.3, 0.4) is 0 Å². The molecule has 0 radical (unpaired) electrons. The number of nitrogens with one attached hydrogen (secondary N) is 1. The summed E-state index contributed by atoms with van der Waals surface area (Å²) in [5, 5.41) is 7.32. The molecule has 0 saturated heterocycles. The van der Waals surface area contributed by atoms with E-state index < -0.39 is 0 Å². The van der Waals surface area contributed by atoms with Crippen LogP contribution in [0.1, 0.15) is 61.1 Å². The van der Waals surface area contributed by atoms with E-state index in [0.717, 1.165) is 48.3 Å². The van der Waals surface area contributed by atoms with Crippen molar-refractivity contribution in [3.63, 3.8) is 0 Å². The second kappa shape index (κ2) is 6.90. The van der Waals surface area contributed by atoms with Crippen LogP contribution in [0.15, 0.2) is 28.8 Å². The molecule has 0 unspecified atom stereocenters. The molecule has 25 heavy (non-hydrogen) atoms. The highest BCUT2D eigenvalue weighted by Crippen LogP contribution is 2.40. The van der Waals surface area contributed by atoms with Crippen LogP contribution in [0.25, 0.3) is 0 Å². The maximum Gasteiger partial charge on any atom is 0.228 e. The van der Waals surface area contributed by atoms with Gasteiger partial charge in [0, 0.05) is 5.56 Å². The number of hydrogen-bond donors (Lipinski definition) is 1. The summed E-state index contributed by atoms with van der Waals surface area (Å²) in [7, 11) is 1.66. The van der Waals surface area contributed by atoms with Crippen molar-refractivity contribution in [1.29, 1.82) is 0 Å². The maximum atomic E-state index is 13.0. The Kier molecular flexibility index (Phi) is 4.84. The Morgan fingerprint density at radius 2 is 1.88 bits per heavy atom. The second-order valence-electron chi connectivity index (χ2n) is 6.97. The van der Waals surface area contributed by atoms with Crippen LogP contribution in [-0.4, -0.2) is 18.2 Å². The van der Waals surface area contributed by atoms with E-state index in [0.29, 0.717) is 5.76 Å². The van der Waals surface area contributed by atoms with Crippen LogP contribution < -0.4 is 10.1 Å². The van der Waals surface area contributed by atoms with Crippen LogP contribution in [0.4, 0.5) is 0 Å². The normalized spacial score (nSPS) is 17.3. The highest BCUT2D eigenvalue weighted by molar-refractivity contribution is 5.84. The number of rotatable bonds is 5. The smallest absolute Gasteiger partial charge is 0.228 e. The van der Waals surface area contributed by atoms with E-state index in [1.165, 1.54) is 0 Å². The van der Waals surface area contributed by atoms with E-state index in [1.54, 1.807) is 7.11 Å². The Hall–Kier alpha value is -2.30. The zero-order valence-electron chi connectivity index (χ0n) is 15.4. The van der Waals surface area contributed by atoms with Gasteiger partial charge in [0.05, 0.1) is 24.3 Å². The third kappa shape index (κ3) is 3.28. The summed E-state index contributed by atoms with van der Waals surface area (Å²) in [4.78, 5) is 13.0. The Morgan fingerprint density at radius 3 is 2.40 bits per heavy atom. The van der Waals surface area contributed by atoms with E-state index in [9.17, 15) is 4.79 Å². The van der Waals surface area contributed by atoms with Gasteiger partial charge < -0.3 is 14.6 Å². The first-order chi connectivity index (χ1) is 12.0. The molecule has 1 fully saturated rings. The Labute approximate surface area is 148 Å². The molecule has 1 heterocycles. The van der Waals surface area contributed by atoms with Gasteiger partial charge in [-0.15, -0.1) is 0 Å². The van der Waals surface area contributed by atoms with E-state index in [1.807, 2.05) is 32.9 Å². The molecule has 1 N–H and O–H groups in total. The van der Waals surface area contributed by atoms with Crippen LogP contribution >= 0.6 is 0 Å². The van der Waals surface area contributed by atoms with E-state index in [4.69, 9.17) is 9.26 Å². The number of amides is 1. The first kappa shape index (κ1) is 17.5. The van der Waals surface area contributed by atoms with Crippen molar-refractivity contribution in [1.82, 2.24) is 10.5 Å². The van der Waals surface area contributed by atoms with Gasteiger partial charge in [-0.1, -0.05) is 30.1 Å². The van der Waals surface area contributed by atoms with Gasteiger partial charge in [-0.2, -0.15) is 0 Å². The third-order valence-electron chi connectivity index (χ3n) is 5.38. The fraction of sp³-hybridized carbons (Fsp3) is 0.500. The minimum absolute atomic E-state index is 0.0205. The van der Waals surface area contributed by atoms with Gasteiger partial charge in [0.1, 0.15) is 11.5 Å². The third-order valence-corrected chi connectivity index (χ3v) is 5.38. The number of aromatic nitrogens is 1. The lowest BCUT2D eigenvalue weighted by Gasteiger charge is -2.32. The number of carbonyl (C=O) groups excluding carboxylic acids is 1. The molecule has 1 amide bonds. The van der Waals surface area contributed by atoms with Crippen molar-refractivity contribution >= 4 is 5.91 Å². The molecular formula is C20H26N2O3. The quantitative estimate of drug-likeness (QED) is 0.892. The number of methoxy groups -OCH3 is 1. The molecule has 1 atom stereocenters. The highest BCUT2D eigenvalue weighted by atomic mass is 16.5. The number of carbonyl (C=O) groups is 1. The van der Waals surface area contributed by atoms with E-state index >= 15 is 0 Å². The minimum atomic E-state index is -0.295. The van der Waals surface area contributed by atoms with Crippen molar-refractivity contribution in [2.45, 2.75) is 57.9 Å². The topological polar surface area (TPSA) is 64.4 Å². The van der Waals surface area contributed by atoms with Gasteiger partial charge in [0.25, 0.3) is 0 Å². The van der Waals surface area contributed by atoms with E-state index in [-0.39, 0.29) is 17.4 Å². The average molecular weight is 342 g/mol. The van der Waals surface area contributed by atoms with Gasteiger partial charge in [-0.3, -0.25) is 4.79 Å². The van der Waals surface area contributed by atoms with Crippen molar-refractivity contribution < 1.29 is 14.1 Å². The lowest BCUT2D eigenvalue weighted by Crippen LogP contribution is -2.45. The first-order valence-electron chi connectivity index (χ1n) is 8.86. The monoisotopic (exact) mass is 342 g/mol. The summed E-state index contributed by atoms with van der Waals surface area (Å²) < 4.78 is 10.5. The maximum absolute atomic E-state index is 13.0. The Bertz CT molecular complexity index is 723. The van der Waals surface area contributed by atoms with Gasteiger partial charge in [-0.05, 0) is 51.3 Å². The van der Waals surface area contributed by atoms with Crippen molar-refractivity contribution in [3.05, 3.63) is 46.8 Å². The summed E-state index contributed by atoms with van der Waals surface area (Å²) in [6.45, 7) is 5.65. The Balaban J connectivity index is 1.85. The molecule has 1 saturated carbocycles. The summed E-state index contributed by atoms with van der Waals surface area (Å²) >= 11 is 0. The summed E-state index contributed by atoms with van der Waals surface area (Å²) in [5.41, 5.74) is 2.52. The first-order valence-corrected chi connectivity index (χ1v) is 8.86. The number of ether oxygens (including phenoxy) is 1. The Morgan fingerprint density at radius 1 is 1.24 bits per heavy atom. The molecule has 0 bridgehead atoms. The van der Waals surface area contributed by atoms with Crippen LogP contribution in [0.5, 0.6) is 5.75 Å². The molecule has 1 aromatic heterocycles. The minimum Gasteiger partial charge on any atom is -0.497 e. The van der Waals surface area contributed by atoms with Gasteiger partial charge in [-0.25, -0.2) is 0 Å². The lowest BCUT2D eigenvalue weighted by atomic mass is 9.86. The summed E-state index contributed by atoms with van der Waals surface area (Å²) in [6.07, 6.45) is 4.15. The fourth-order valence-corrected chi connectivity index (χ4v) is 3.96. The SMILES string of the molecule is COc1ccc(C2(NC(=O)[C@H](C)c3c(C)noc3C)CCCC2)cc1. The zero-order chi connectivity index (χ0) is 18.0. The van der Waals surface area contributed by atoms with Gasteiger partial charge in [0.2, 0.25) is 5.91 Å². The second-order valence-corrected chi connectivity index (χ2v) is 6.97. The van der Waals surface area contributed by atoms with E-state index in [2.05, 4.69) is 22.6 Å². The van der Waals surface area contributed by atoms with Crippen LogP contribution in [-0.2, 0) is 10.3 Å². The predicted molar refractivity (Wildman–Crippen MR) is 95.7 cm³/mol. The zero-order valence-corrected chi connectivity index (χ0v) is 15.4. The molecule has 1 aliphatic carbocycles. The lowest BCUT2D eigenvalue weighted by molar-refractivity contribution is -0.124. The standard InChI is InChI=1S/C20H26N2O3/c1-13(18-14(2)22-25-15(18)3)19(23)21-20(11-5-6-12-20)16-7-9-17(24-4)10-8-16/h7-10,13H,5-6,11-12H2,1-4H3,(H,21,23)/t13-/m1/s1. The molecule has 0 aliphatic heterocycles. The number of aryl methyl sites for hydroxylation is 2. The summed E-state index contributed by atoms with van der Waals surface area (Å²) in [5.74, 6) is 1.27. The number of benzene rings is 1. The van der Waals surface area contributed by atoms with Crippen molar-refractivity contribution in [2.75, 3.05) is 7.11 Å². The summed E-state index contributed by atoms with van der Waals surface area (Å²) in [6, 6.07) is 8.04. The van der Waals surface area contributed by atoms with Gasteiger partial charge >= 0.3 is 0 Å². The molecule has 0 spiro atoms.